The zero-order valence-electron chi connectivity index (χ0n) is 12.8. The monoisotopic (exact) mass is 321 g/mol. The van der Waals surface area contributed by atoms with E-state index < -0.39 is 11.7 Å². The number of hydrogen-bond donors (Lipinski definition) is 3. The second-order valence-electron chi connectivity index (χ2n) is 5.45. The molecule has 0 spiro atoms. The number of benzene rings is 2. The maximum absolute atomic E-state index is 12.7. The van der Waals surface area contributed by atoms with Crippen LogP contribution in [0, 0.1) is 5.41 Å². The van der Waals surface area contributed by atoms with Gasteiger partial charge in [-0.05, 0) is 35.7 Å². The summed E-state index contributed by atoms with van der Waals surface area (Å²) in [5.41, 5.74) is 1.24. The lowest BCUT2D eigenvalue weighted by molar-refractivity contribution is -0.137. The van der Waals surface area contributed by atoms with Crippen LogP contribution >= 0.6 is 0 Å². The molecular weight excluding hydrogens is 303 g/mol. The van der Waals surface area contributed by atoms with Crippen molar-refractivity contribution in [3.05, 3.63) is 59.7 Å². The van der Waals surface area contributed by atoms with Crippen molar-refractivity contribution >= 4 is 17.3 Å². The molecule has 0 amide bonds. The summed E-state index contributed by atoms with van der Waals surface area (Å²) in [6.45, 7) is 4.06. The summed E-state index contributed by atoms with van der Waals surface area (Å²) in [6, 6.07) is 12.3. The number of alkyl halides is 3. The molecule has 3 nitrogen and oxygen atoms in total. The summed E-state index contributed by atoms with van der Waals surface area (Å²) in [4.78, 5) is 0. The molecule has 0 atom stereocenters. The van der Waals surface area contributed by atoms with Gasteiger partial charge in [-0.15, -0.1) is 0 Å². The average molecular weight is 321 g/mol. The minimum absolute atomic E-state index is 0.0857. The SMILES string of the molecule is CC(C)c1ccccc1NC(=N)Nc1cccc(C(F)(F)F)c1. The van der Waals surface area contributed by atoms with Crippen LogP contribution in [0.2, 0.25) is 0 Å². The molecule has 3 N–H and O–H groups in total. The van der Waals surface area contributed by atoms with Gasteiger partial charge in [0.2, 0.25) is 0 Å². The smallest absolute Gasteiger partial charge is 0.326 e. The Morgan fingerprint density at radius 1 is 1.00 bits per heavy atom. The van der Waals surface area contributed by atoms with Gasteiger partial charge in [-0.25, -0.2) is 0 Å². The van der Waals surface area contributed by atoms with Crippen LogP contribution in [0.15, 0.2) is 48.5 Å². The molecule has 0 aromatic heterocycles. The average Bonchev–Trinajstić information content (AvgIpc) is 2.46. The van der Waals surface area contributed by atoms with Crippen LogP contribution < -0.4 is 10.6 Å². The van der Waals surface area contributed by atoms with Crippen molar-refractivity contribution in [2.45, 2.75) is 25.9 Å². The lowest BCUT2D eigenvalue weighted by Crippen LogP contribution is -2.21. The second kappa shape index (κ2) is 6.73. The highest BCUT2D eigenvalue weighted by molar-refractivity contribution is 6.01. The quantitative estimate of drug-likeness (QED) is 0.531. The van der Waals surface area contributed by atoms with Gasteiger partial charge in [0.05, 0.1) is 5.56 Å². The summed E-state index contributed by atoms with van der Waals surface area (Å²) >= 11 is 0. The van der Waals surface area contributed by atoms with Gasteiger partial charge in [-0.3, -0.25) is 5.41 Å². The molecule has 6 heteroatoms. The van der Waals surface area contributed by atoms with Crippen molar-refractivity contribution in [1.29, 1.82) is 5.41 Å². The van der Waals surface area contributed by atoms with E-state index in [9.17, 15) is 13.2 Å². The van der Waals surface area contributed by atoms with Crippen LogP contribution in [0.3, 0.4) is 0 Å². The standard InChI is InChI=1S/C17H18F3N3/c1-11(2)14-8-3-4-9-15(14)23-16(21)22-13-7-5-6-12(10-13)17(18,19)20/h3-11H,1-2H3,(H3,21,22,23). The van der Waals surface area contributed by atoms with Gasteiger partial charge in [-0.1, -0.05) is 38.1 Å². The lowest BCUT2D eigenvalue weighted by atomic mass is 10.0. The van der Waals surface area contributed by atoms with E-state index in [1.165, 1.54) is 12.1 Å². The fourth-order valence-electron chi connectivity index (χ4n) is 2.20. The Morgan fingerprint density at radius 3 is 2.35 bits per heavy atom. The van der Waals surface area contributed by atoms with E-state index in [4.69, 9.17) is 5.41 Å². The maximum atomic E-state index is 12.7. The minimum Gasteiger partial charge on any atom is -0.326 e. The van der Waals surface area contributed by atoms with E-state index >= 15 is 0 Å². The van der Waals surface area contributed by atoms with E-state index in [-0.39, 0.29) is 17.6 Å². The minimum atomic E-state index is -4.41. The van der Waals surface area contributed by atoms with Crippen molar-refractivity contribution in [1.82, 2.24) is 0 Å². The first-order valence-corrected chi connectivity index (χ1v) is 7.16. The maximum Gasteiger partial charge on any atom is 0.416 e. The van der Waals surface area contributed by atoms with Gasteiger partial charge in [0, 0.05) is 11.4 Å². The van der Waals surface area contributed by atoms with Gasteiger partial charge < -0.3 is 10.6 Å². The number of guanidine groups is 1. The van der Waals surface area contributed by atoms with Crippen LogP contribution in [0.4, 0.5) is 24.5 Å². The molecule has 0 aliphatic carbocycles. The number of rotatable bonds is 3. The Kier molecular flexibility index (Phi) is 4.93. The molecule has 0 fully saturated rings. The third kappa shape index (κ3) is 4.48. The zero-order valence-corrected chi connectivity index (χ0v) is 12.8. The molecule has 2 aromatic carbocycles. The summed E-state index contributed by atoms with van der Waals surface area (Å²) < 4.78 is 38.1. The summed E-state index contributed by atoms with van der Waals surface area (Å²) in [5.74, 6) is 0.178. The Hall–Kier alpha value is -2.50. The molecular formula is C17H18F3N3. The summed E-state index contributed by atoms with van der Waals surface area (Å²) in [6.07, 6.45) is -4.41. The topological polar surface area (TPSA) is 47.9 Å². The molecule has 0 heterocycles. The van der Waals surface area contributed by atoms with Crippen molar-refractivity contribution in [2.24, 2.45) is 0 Å². The number of anilines is 2. The van der Waals surface area contributed by atoms with Crippen molar-refractivity contribution < 1.29 is 13.2 Å². The number of nitrogens with one attached hydrogen (secondary N) is 3. The van der Waals surface area contributed by atoms with Gasteiger partial charge in [0.25, 0.3) is 0 Å². The second-order valence-corrected chi connectivity index (χ2v) is 5.45. The van der Waals surface area contributed by atoms with Crippen LogP contribution in [0.25, 0.3) is 0 Å². The molecule has 0 unspecified atom stereocenters. The molecule has 0 aliphatic heterocycles. The Morgan fingerprint density at radius 2 is 1.70 bits per heavy atom. The third-order valence-electron chi connectivity index (χ3n) is 3.30. The molecule has 0 saturated heterocycles. The highest BCUT2D eigenvalue weighted by Crippen LogP contribution is 2.30. The predicted octanol–water partition coefficient (Wildman–Crippen LogP) is 5.29. The van der Waals surface area contributed by atoms with E-state index in [0.717, 1.165) is 23.4 Å². The highest BCUT2D eigenvalue weighted by atomic mass is 19.4. The van der Waals surface area contributed by atoms with Gasteiger partial charge >= 0.3 is 6.18 Å². The zero-order chi connectivity index (χ0) is 17.0. The molecule has 23 heavy (non-hydrogen) atoms. The van der Waals surface area contributed by atoms with E-state index in [2.05, 4.69) is 10.6 Å². The normalized spacial score (nSPS) is 11.4. The number of hydrogen-bond acceptors (Lipinski definition) is 1. The number of halogens is 3. The molecule has 2 rings (SSSR count). The van der Waals surface area contributed by atoms with Crippen molar-refractivity contribution in [3.63, 3.8) is 0 Å². The van der Waals surface area contributed by atoms with E-state index in [0.29, 0.717) is 0 Å². The van der Waals surface area contributed by atoms with Gasteiger partial charge in [0.1, 0.15) is 0 Å². The van der Waals surface area contributed by atoms with E-state index in [1.807, 2.05) is 38.1 Å². The molecule has 122 valence electrons. The Bertz CT molecular complexity index is 693. The first-order valence-electron chi connectivity index (χ1n) is 7.16. The van der Waals surface area contributed by atoms with Crippen LogP contribution in [-0.2, 0) is 6.18 Å². The lowest BCUT2D eigenvalue weighted by Gasteiger charge is -2.16. The predicted molar refractivity (Wildman–Crippen MR) is 86.9 cm³/mol. The van der Waals surface area contributed by atoms with Crippen molar-refractivity contribution in [3.8, 4) is 0 Å². The highest BCUT2D eigenvalue weighted by Gasteiger charge is 2.30. The Labute approximate surface area is 133 Å². The fourth-order valence-corrected chi connectivity index (χ4v) is 2.20. The fraction of sp³-hybridized carbons (Fsp3) is 0.235. The molecule has 2 aromatic rings. The van der Waals surface area contributed by atoms with E-state index in [1.54, 1.807) is 0 Å². The van der Waals surface area contributed by atoms with Crippen molar-refractivity contribution in [2.75, 3.05) is 10.6 Å². The molecule has 0 saturated carbocycles. The van der Waals surface area contributed by atoms with Crippen LogP contribution in [0.5, 0.6) is 0 Å². The molecule has 0 bridgehead atoms. The first kappa shape index (κ1) is 16.9. The first-order chi connectivity index (χ1) is 10.8. The van der Waals surface area contributed by atoms with Crippen LogP contribution in [0.1, 0.15) is 30.9 Å². The number of para-hydroxylation sites is 1. The Balaban J connectivity index is 2.12. The van der Waals surface area contributed by atoms with Gasteiger partial charge in [0.15, 0.2) is 5.96 Å². The third-order valence-corrected chi connectivity index (χ3v) is 3.30. The van der Waals surface area contributed by atoms with Gasteiger partial charge in [-0.2, -0.15) is 13.2 Å². The largest absolute Gasteiger partial charge is 0.416 e. The van der Waals surface area contributed by atoms with Crippen LogP contribution in [-0.4, -0.2) is 5.96 Å². The summed E-state index contributed by atoms with van der Waals surface area (Å²) in [7, 11) is 0. The summed E-state index contributed by atoms with van der Waals surface area (Å²) in [5, 5.41) is 13.5. The molecule has 0 aliphatic rings. The molecule has 0 radical (unpaired) electrons.